The van der Waals surface area contributed by atoms with Gasteiger partial charge in [0.2, 0.25) is 5.91 Å². The maximum Gasteiger partial charge on any atom is 0.246 e. The zero-order valence-electron chi connectivity index (χ0n) is 12.2. The average Bonchev–Trinajstić information content (AvgIpc) is 2.41. The molecule has 0 atom stereocenters. The minimum atomic E-state index is -0.315. The number of nitrogens with one attached hydrogen (secondary N) is 1. The molecular formula is C16H21NO3. The lowest BCUT2D eigenvalue weighted by Crippen LogP contribution is -2.31. The predicted molar refractivity (Wildman–Crippen MR) is 78.0 cm³/mol. The van der Waals surface area contributed by atoms with Crippen LogP contribution in [0.2, 0.25) is 0 Å². The standard InChI is InChI=1S/C16H21NO3/c1-16(2,3)20-12-15(19)17-11-14-8-6-13(7-9-14)5-4-10-18/h6-9,18H,10-12H2,1-3H3,(H,17,19). The van der Waals surface area contributed by atoms with Crippen molar-refractivity contribution in [2.45, 2.75) is 32.9 Å². The summed E-state index contributed by atoms with van der Waals surface area (Å²) in [5.74, 6) is 5.27. The minimum absolute atomic E-state index is 0.0591. The second kappa shape index (κ2) is 7.68. The highest BCUT2D eigenvalue weighted by Gasteiger charge is 2.12. The summed E-state index contributed by atoms with van der Waals surface area (Å²) in [5, 5.41) is 11.4. The molecule has 0 radical (unpaired) electrons. The minimum Gasteiger partial charge on any atom is -0.384 e. The van der Waals surface area contributed by atoms with Crippen molar-refractivity contribution >= 4 is 5.91 Å². The van der Waals surface area contributed by atoms with E-state index in [0.29, 0.717) is 6.54 Å². The van der Waals surface area contributed by atoms with E-state index in [1.165, 1.54) is 0 Å². The van der Waals surface area contributed by atoms with Gasteiger partial charge in [-0.25, -0.2) is 0 Å². The molecule has 0 bridgehead atoms. The van der Waals surface area contributed by atoms with Gasteiger partial charge in [0, 0.05) is 12.1 Å². The molecule has 1 aromatic carbocycles. The Morgan fingerprint density at radius 3 is 2.50 bits per heavy atom. The number of carbonyl (C=O) groups excluding carboxylic acids is 1. The number of amides is 1. The van der Waals surface area contributed by atoms with Gasteiger partial charge in [-0.1, -0.05) is 24.0 Å². The number of hydrogen-bond acceptors (Lipinski definition) is 3. The molecule has 20 heavy (non-hydrogen) atoms. The zero-order chi connectivity index (χ0) is 15.0. The van der Waals surface area contributed by atoms with Crippen molar-refractivity contribution in [3.8, 4) is 11.8 Å². The lowest BCUT2D eigenvalue weighted by molar-refractivity contribution is -0.130. The molecule has 0 unspecified atom stereocenters. The van der Waals surface area contributed by atoms with Gasteiger partial charge in [0.1, 0.15) is 13.2 Å². The van der Waals surface area contributed by atoms with Crippen LogP contribution in [-0.4, -0.2) is 29.8 Å². The predicted octanol–water partition coefficient (Wildman–Crippen LogP) is 1.46. The number of aliphatic hydroxyl groups excluding tert-OH is 1. The Kier molecular flexibility index (Phi) is 6.23. The number of carbonyl (C=O) groups is 1. The molecule has 0 aliphatic rings. The van der Waals surface area contributed by atoms with Crippen LogP contribution >= 0.6 is 0 Å². The first-order chi connectivity index (χ1) is 9.40. The zero-order valence-corrected chi connectivity index (χ0v) is 12.2. The summed E-state index contributed by atoms with van der Waals surface area (Å²) in [6.07, 6.45) is 0. The third-order valence-electron chi connectivity index (χ3n) is 2.39. The van der Waals surface area contributed by atoms with Crippen molar-refractivity contribution in [3.63, 3.8) is 0 Å². The first-order valence-electron chi connectivity index (χ1n) is 6.50. The molecule has 2 N–H and O–H groups in total. The van der Waals surface area contributed by atoms with Gasteiger partial charge in [-0.15, -0.1) is 0 Å². The van der Waals surface area contributed by atoms with Crippen molar-refractivity contribution in [2.24, 2.45) is 0 Å². The summed E-state index contributed by atoms with van der Waals surface area (Å²) in [6, 6.07) is 7.50. The fourth-order valence-corrected chi connectivity index (χ4v) is 1.38. The van der Waals surface area contributed by atoms with Gasteiger partial charge in [-0.3, -0.25) is 4.79 Å². The van der Waals surface area contributed by atoms with Gasteiger partial charge >= 0.3 is 0 Å². The first kappa shape index (κ1) is 16.2. The number of rotatable bonds is 4. The second-order valence-corrected chi connectivity index (χ2v) is 5.33. The molecular weight excluding hydrogens is 254 g/mol. The van der Waals surface area contributed by atoms with Gasteiger partial charge in [-0.2, -0.15) is 0 Å². The van der Waals surface area contributed by atoms with Crippen LogP contribution in [-0.2, 0) is 16.1 Å². The molecule has 0 spiro atoms. The molecule has 1 aromatic rings. The van der Waals surface area contributed by atoms with Gasteiger partial charge < -0.3 is 15.2 Å². The molecule has 0 aliphatic heterocycles. The maximum atomic E-state index is 11.6. The Balaban J connectivity index is 2.40. The summed E-state index contributed by atoms with van der Waals surface area (Å²) >= 11 is 0. The van der Waals surface area contributed by atoms with E-state index in [1.54, 1.807) is 0 Å². The van der Waals surface area contributed by atoms with Crippen LogP contribution in [0.25, 0.3) is 0 Å². The maximum absolute atomic E-state index is 11.6. The molecule has 4 heteroatoms. The normalized spacial score (nSPS) is 10.6. The Hall–Kier alpha value is -1.83. The Morgan fingerprint density at radius 2 is 1.95 bits per heavy atom. The molecule has 1 amide bonds. The van der Waals surface area contributed by atoms with E-state index >= 15 is 0 Å². The van der Waals surface area contributed by atoms with Gasteiger partial charge in [0.25, 0.3) is 0 Å². The third-order valence-corrected chi connectivity index (χ3v) is 2.39. The molecule has 108 valence electrons. The molecule has 0 heterocycles. The topological polar surface area (TPSA) is 58.6 Å². The molecule has 1 rings (SSSR count). The highest BCUT2D eigenvalue weighted by atomic mass is 16.5. The van der Waals surface area contributed by atoms with Crippen LogP contribution in [0.1, 0.15) is 31.9 Å². The van der Waals surface area contributed by atoms with E-state index in [2.05, 4.69) is 17.2 Å². The summed E-state index contributed by atoms with van der Waals surface area (Å²) < 4.78 is 5.39. The summed E-state index contributed by atoms with van der Waals surface area (Å²) in [7, 11) is 0. The van der Waals surface area contributed by atoms with E-state index in [9.17, 15) is 4.79 Å². The molecule has 4 nitrogen and oxygen atoms in total. The lowest BCUT2D eigenvalue weighted by Gasteiger charge is -2.18. The second-order valence-electron chi connectivity index (χ2n) is 5.33. The summed E-state index contributed by atoms with van der Waals surface area (Å²) in [4.78, 5) is 11.6. The Labute approximate surface area is 120 Å². The van der Waals surface area contributed by atoms with Crippen molar-refractivity contribution in [1.29, 1.82) is 0 Å². The fraction of sp³-hybridized carbons (Fsp3) is 0.438. The summed E-state index contributed by atoms with van der Waals surface area (Å²) in [6.45, 7) is 6.10. The van der Waals surface area contributed by atoms with Crippen molar-refractivity contribution in [2.75, 3.05) is 13.2 Å². The lowest BCUT2D eigenvalue weighted by atomic mass is 10.1. The fourth-order valence-electron chi connectivity index (χ4n) is 1.38. The Bertz CT molecular complexity index is 489. The molecule has 0 fully saturated rings. The quantitative estimate of drug-likeness (QED) is 0.818. The van der Waals surface area contributed by atoms with E-state index < -0.39 is 0 Å². The van der Waals surface area contributed by atoms with Gasteiger partial charge in [-0.05, 0) is 38.5 Å². The van der Waals surface area contributed by atoms with Gasteiger partial charge in [0.15, 0.2) is 0 Å². The van der Waals surface area contributed by atoms with E-state index in [1.807, 2.05) is 45.0 Å². The van der Waals surface area contributed by atoms with Crippen molar-refractivity contribution in [3.05, 3.63) is 35.4 Å². The van der Waals surface area contributed by atoms with Crippen molar-refractivity contribution < 1.29 is 14.6 Å². The third kappa shape index (κ3) is 6.93. The highest BCUT2D eigenvalue weighted by Crippen LogP contribution is 2.06. The molecule has 0 aliphatic carbocycles. The van der Waals surface area contributed by atoms with Crippen LogP contribution in [0.5, 0.6) is 0 Å². The number of benzene rings is 1. The Morgan fingerprint density at radius 1 is 1.30 bits per heavy atom. The average molecular weight is 275 g/mol. The first-order valence-corrected chi connectivity index (χ1v) is 6.50. The number of hydrogen-bond donors (Lipinski definition) is 2. The largest absolute Gasteiger partial charge is 0.384 e. The van der Waals surface area contributed by atoms with Crippen LogP contribution in [0.15, 0.2) is 24.3 Å². The van der Waals surface area contributed by atoms with Crippen LogP contribution < -0.4 is 5.32 Å². The van der Waals surface area contributed by atoms with Crippen molar-refractivity contribution in [1.82, 2.24) is 5.32 Å². The van der Waals surface area contributed by atoms with Gasteiger partial charge in [0.05, 0.1) is 5.60 Å². The molecule has 0 saturated carbocycles. The molecule has 0 aromatic heterocycles. The van der Waals surface area contributed by atoms with Crippen LogP contribution in [0.3, 0.4) is 0 Å². The SMILES string of the molecule is CC(C)(C)OCC(=O)NCc1ccc(C#CCO)cc1. The van der Waals surface area contributed by atoms with Crippen LogP contribution in [0, 0.1) is 11.8 Å². The van der Waals surface area contributed by atoms with E-state index in [-0.39, 0.29) is 24.7 Å². The highest BCUT2D eigenvalue weighted by molar-refractivity contribution is 5.77. The van der Waals surface area contributed by atoms with Crippen LogP contribution in [0.4, 0.5) is 0 Å². The summed E-state index contributed by atoms with van der Waals surface area (Å²) in [5.41, 5.74) is 1.51. The smallest absolute Gasteiger partial charge is 0.246 e. The number of ether oxygens (including phenoxy) is 1. The van der Waals surface area contributed by atoms with E-state index in [0.717, 1.165) is 11.1 Å². The van der Waals surface area contributed by atoms with E-state index in [4.69, 9.17) is 9.84 Å². The molecule has 0 saturated heterocycles. The monoisotopic (exact) mass is 275 g/mol. The number of aliphatic hydroxyl groups is 1.